The average molecular weight is 384 g/mol. The zero-order valence-electron chi connectivity index (χ0n) is 17.3. The number of nitrogen functional groups attached to an aromatic ring is 1. The third-order valence-corrected chi connectivity index (χ3v) is 4.51. The molecule has 150 valence electrons. The summed E-state index contributed by atoms with van der Waals surface area (Å²) in [4.78, 5) is 15.0. The summed E-state index contributed by atoms with van der Waals surface area (Å²) in [6, 6.07) is 8.87. The molecule has 0 radical (unpaired) electrons. The van der Waals surface area contributed by atoms with Crippen molar-refractivity contribution in [1.82, 2.24) is 0 Å². The fourth-order valence-electron chi connectivity index (χ4n) is 2.94. The highest BCUT2D eigenvalue weighted by molar-refractivity contribution is 6.12. The number of carbonyl (C=O) groups is 1. The summed E-state index contributed by atoms with van der Waals surface area (Å²) in [7, 11) is 8.50. The summed E-state index contributed by atoms with van der Waals surface area (Å²) in [5.74, 6) is 1.68. The van der Waals surface area contributed by atoms with E-state index in [0.29, 0.717) is 40.5 Å². The first-order valence-corrected chi connectivity index (χ1v) is 8.98. The van der Waals surface area contributed by atoms with Gasteiger partial charge in [-0.05, 0) is 36.8 Å². The van der Waals surface area contributed by atoms with E-state index >= 15 is 0 Å². The Morgan fingerprint density at radius 1 is 1.00 bits per heavy atom. The predicted molar refractivity (Wildman–Crippen MR) is 114 cm³/mol. The molecule has 2 aromatic rings. The van der Waals surface area contributed by atoms with Crippen molar-refractivity contribution in [3.8, 4) is 17.2 Å². The van der Waals surface area contributed by atoms with Crippen molar-refractivity contribution in [3.63, 3.8) is 0 Å². The van der Waals surface area contributed by atoms with Gasteiger partial charge in [-0.3, -0.25) is 4.79 Å². The molecule has 0 bridgehead atoms. The SMILES string of the molecule is CCC(=Cc1cc(OC)c(OC)cc1OC)C(=O)c1ccc(N)c(N(C)C)c1. The fourth-order valence-corrected chi connectivity index (χ4v) is 2.94. The van der Waals surface area contributed by atoms with Crippen molar-refractivity contribution in [2.45, 2.75) is 13.3 Å². The molecule has 0 saturated carbocycles. The number of methoxy groups -OCH3 is 3. The minimum absolute atomic E-state index is 0.0533. The lowest BCUT2D eigenvalue weighted by Crippen LogP contribution is -2.13. The third kappa shape index (κ3) is 4.39. The molecule has 0 aliphatic rings. The van der Waals surface area contributed by atoms with E-state index in [2.05, 4.69) is 0 Å². The average Bonchev–Trinajstić information content (AvgIpc) is 2.70. The number of ketones is 1. The lowest BCUT2D eigenvalue weighted by molar-refractivity contribution is 0.103. The number of nitrogens with zero attached hydrogens (tertiary/aromatic N) is 1. The second-order valence-corrected chi connectivity index (χ2v) is 6.47. The molecule has 2 aromatic carbocycles. The van der Waals surface area contributed by atoms with Crippen molar-refractivity contribution in [3.05, 3.63) is 47.0 Å². The van der Waals surface area contributed by atoms with Crippen LogP contribution in [0.4, 0.5) is 11.4 Å². The lowest BCUT2D eigenvalue weighted by atomic mass is 9.97. The largest absolute Gasteiger partial charge is 0.496 e. The summed E-state index contributed by atoms with van der Waals surface area (Å²) in [6.45, 7) is 1.95. The maximum absolute atomic E-state index is 13.1. The van der Waals surface area contributed by atoms with E-state index in [0.717, 1.165) is 11.3 Å². The van der Waals surface area contributed by atoms with Crippen LogP contribution in [0, 0.1) is 0 Å². The van der Waals surface area contributed by atoms with Gasteiger partial charge in [0.15, 0.2) is 17.3 Å². The van der Waals surface area contributed by atoms with E-state index in [4.69, 9.17) is 19.9 Å². The van der Waals surface area contributed by atoms with Gasteiger partial charge in [0, 0.05) is 36.9 Å². The Kier molecular flexibility index (Phi) is 6.93. The molecule has 2 rings (SSSR count). The molecule has 0 saturated heterocycles. The molecule has 0 spiro atoms. The van der Waals surface area contributed by atoms with Gasteiger partial charge in [0.25, 0.3) is 0 Å². The standard InChI is InChI=1S/C22H28N2O4/c1-7-14(22(25)15-8-9-17(23)18(11-15)24(2)3)10-16-12-20(27-5)21(28-6)13-19(16)26-4/h8-13H,7,23H2,1-6H3. The molecular weight excluding hydrogens is 356 g/mol. The number of benzene rings is 2. The fraction of sp³-hybridized carbons (Fsp3) is 0.318. The summed E-state index contributed by atoms with van der Waals surface area (Å²) >= 11 is 0. The first kappa shape index (κ1) is 21.2. The van der Waals surface area contributed by atoms with Gasteiger partial charge >= 0.3 is 0 Å². The highest BCUT2D eigenvalue weighted by Gasteiger charge is 2.16. The van der Waals surface area contributed by atoms with Gasteiger partial charge in [0.05, 0.1) is 32.7 Å². The molecule has 0 unspecified atom stereocenters. The van der Waals surface area contributed by atoms with E-state index in [1.165, 1.54) is 0 Å². The monoisotopic (exact) mass is 384 g/mol. The first-order chi connectivity index (χ1) is 13.4. The highest BCUT2D eigenvalue weighted by Crippen LogP contribution is 2.36. The van der Waals surface area contributed by atoms with Crippen molar-refractivity contribution in [2.24, 2.45) is 0 Å². The van der Waals surface area contributed by atoms with E-state index in [-0.39, 0.29) is 5.78 Å². The van der Waals surface area contributed by atoms with Gasteiger partial charge < -0.3 is 24.8 Å². The van der Waals surface area contributed by atoms with E-state index in [1.807, 2.05) is 38.1 Å². The Bertz CT molecular complexity index is 888. The van der Waals surface area contributed by atoms with Crippen LogP contribution >= 0.6 is 0 Å². The molecule has 0 heterocycles. The molecule has 2 N–H and O–H groups in total. The zero-order chi connectivity index (χ0) is 20.8. The van der Waals surface area contributed by atoms with Gasteiger partial charge in [-0.15, -0.1) is 0 Å². The number of nitrogens with two attached hydrogens (primary N) is 1. The van der Waals surface area contributed by atoms with Gasteiger partial charge in [0.2, 0.25) is 0 Å². The molecule has 0 fully saturated rings. The molecule has 0 aliphatic heterocycles. The third-order valence-electron chi connectivity index (χ3n) is 4.51. The number of hydrogen-bond acceptors (Lipinski definition) is 6. The van der Waals surface area contributed by atoms with Crippen LogP contribution in [0.5, 0.6) is 17.2 Å². The minimum atomic E-state index is -0.0533. The molecule has 6 nitrogen and oxygen atoms in total. The second-order valence-electron chi connectivity index (χ2n) is 6.47. The quantitative estimate of drug-likeness (QED) is 0.421. The number of rotatable bonds is 8. The van der Waals surface area contributed by atoms with Crippen LogP contribution in [0.2, 0.25) is 0 Å². The Balaban J connectivity index is 2.51. The van der Waals surface area contributed by atoms with E-state index in [1.54, 1.807) is 45.6 Å². The number of carbonyl (C=O) groups excluding carboxylic acids is 1. The second kappa shape index (κ2) is 9.17. The molecule has 0 amide bonds. The van der Waals surface area contributed by atoms with Crippen LogP contribution in [-0.4, -0.2) is 41.2 Å². The molecule has 6 heteroatoms. The van der Waals surface area contributed by atoms with Crippen molar-refractivity contribution < 1.29 is 19.0 Å². The normalized spacial score (nSPS) is 11.1. The first-order valence-electron chi connectivity index (χ1n) is 8.98. The molecule has 28 heavy (non-hydrogen) atoms. The number of ether oxygens (including phenoxy) is 3. The topological polar surface area (TPSA) is 74.0 Å². The van der Waals surface area contributed by atoms with Gasteiger partial charge in [-0.2, -0.15) is 0 Å². The smallest absolute Gasteiger partial charge is 0.189 e. The van der Waals surface area contributed by atoms with Crippen LogP contribution in [0.3, 0.4) is 0 Å². The minimum Gasteiger partial charge on any atom is -0.496 e. The number of Topliss-reactive ketones (excluding diaryl/α,β-unsaturated/α-hetero) is 1. The molecule has 0 aliphatic carbocycles. The van der Waals surface area contributed by atoms with Crippen LogP contribution in [-0.2, 0) is 0 Å². The van der Waals surface area contributed by atoms with Crippen molar-refractivity contribution in [2.75, 3.05) is 46.1 Å². The maximum Gasteiger partial charge on any atom is 0.189 e. The molecule has 0 atom stereocenters. The Labute approximate surface area is 166 Å². The Hall–Kier alpha value is -3.15. The van der Waals surface area contributed by atoms with Crippen LogP contribution in [0.15, 0.2) is 35.9 Å². The van der Waals surface area contributed by atoms with Gasteiger partial charge in [0.1, 0.15) is 5.75 Å². The summed E-state index contributed by atoms with van der Waals surface area (Å²) in [5, 5.41) is 0. The van der Waals surface area contributed by atoms with Gasteiger partial charge in [-0.25, -0.2) is 0 Å². The van der Waals surface area contributed by atoms with Crippen molar-refractivity contribution >= 4 is 23.2 Å². The Morgan fingerprint density at radius 2 is 1.61 bits per heavy atom. The number of anilines is 2. The number of allylic oxidation sites excluding steroid dienone is 1. The maximum atomic E-state index is 13.1. The van der Waals surface area contributed by atoms with Crippen LogP contribution in [0.25, 0.3) is 6.08 Å². The summed E-state index contributed by atoms with van der Waals surface area (Å²) in [6.07, 6.45) is 2.40. The van der Waals surface area contributed by atoms with Crippen LogP contribution in [0.1, 0.15) is 29.3 Å². The zero-order valence-corrected chi connectivity index (χ0v) is 17.3. The molecule has 0 aromatic heterocycles. The summed E-state index contributed by atoms with van der Waals surface area (Å²) in [5.41, 5.74) is 9.44. The van der Waals surface area contributed by atoms with Gasteiger partial charge in [-0.1, -0.05) is 6.92 Å². The van der Waals surface area contributed by atoms with E-state index in [9.17, 15) is 4.79 Å². The van der Waals surface area contributed by atoms with Crippen LogP contribution < -0.4 is 24.8 Å². The predicted octanol–water partition coefficient (Wildman–Crippen LogP) is 4.04. The van der Waals surface area contributed by atoms with Crippen molar-refractivity contribution in [1.29, 1.82) is 0 Å². The number of hydrogen-bond donors (Lipinski definition) is 1. The lowest BCUT2D eigenvalue weighted by Gasteiger charge is -2.17. The summed E-state index contributed by atoms with van der Waals surface area (Å²) < 4.78 is 16.2. The molecular formula is C22H28N2O4. The van der Waals surface area contributed by atoms with E-state index < -0.39 is 0 Å². The highest BCUT2D eigenvalue weighted by atomic mass is 16.5. The Morgan fingerprint density at radius 3 is 2.14 bits per heavy atom.